The summed E-state index contributed by atoms with van der Waals surface area (Å²) in [5, 5.41) is 3.28. The zero-order chi connectivity index (χ0) is 18.6. The van der Waals surface area contributed by atoms with E-state index in [-0.39, 0.29) is 29.0 Å². The van der Waals surface area contributed by atoms with Gasteiger partial charge >= 0.3 is 0 Å². The van der Waals surface area contributed by atoms with Crippen LogP contribution in [0.15, 0.2) is 53.7 Å². The number of piperazine rings is 1. The van der Waals surface area contributed by atoms with Crippen molar-refractivity contribution in [1.82, 2.24) is 15.2 Å². The minimum absolute atomic E-state index is 0.0209. The van der Waals surface area contributed by atoms with Crippen LogP contribution in [0.1, 0.15) is 23.6 Å². The van der Waals surface area contributed by atoms with E-state index < -0.39 is 9.84 Å². The number of hydrogen-bond donors (Lipinski definition) is 1. The van der Waals surface area contributed by atoms with E-state index in [2.05, 4.69) is 10.3 Å². The number of rotatable bonds is 5. The summed E-state index contributed by atoms with van der Waals surface area (Å²) < 4.78 is 25.0. The van der Waals surface area contributed by atoms with Crippen LogP contribution in [0.3, 0.4) is 0 Å². The van der Waals surface area contributed by atoms with Gasteiger partial charge in [0.2, 0.25) is 5.91 Å². The third kappa shape index (κ3) is 4.28. The number of benzene rings is 1. The summed E-state index contributed by atoms with van der Waals surface area (Å²) in [6.45, 7) is 3.81. The fourth-order valence-corrected chi connectivity index (χ4v) is 4.33. The molecule has 1 unspecified atom stereocenters. The average Bonchev–Trinajstić information content (AvgIpc) is 2.67. The Hall–Kier alpha value is -2.25. The average molecular weight is 373 g/mol. The number of amides is 1. The third-order valence-corrected chi connectivity index (χ3v) is 6.33. The lowest BCUT2D eigenvalue weighted by Crippen LogP contribution is -2.49. The quantitative estimate of drug-likeness (QED) is 0.863. The second kappa shape index (κ2) is 7.97. The monoisotopic (exact) mass is 373 g/mol. The van der Waals surface area contributed by atoms with Crippen LogP contribution in [0.2, 0.25) is 0 Å². The minimum atomic E-state index is -3.47. The Balaban J connectivity index is 1.69. The van der Waals surface area contributed by atoms with Gasteiger partial charge in [0.1, 0.15) is 0 Å². The minimum Gasteiger partial charge on any atom is -0.333 e. The molecule has 1 saturated heterocycles. The van der Waals surface area contributed by atoms with Gasteiger partial charge in [0.25, 0.3) is 0 Å². The maximum absolute atomic E-state index is 12.7. The number of nitrogens with zero attached hydrogens (tertiary/aromatic N) is 2. The van der Waals surface area contributed by atoms with Crippen LogP contribution in [0.5, 0.6) is 0 Å². The Morgan fingerprint density at radius 2 is 2.04 bits per heavy atom. The Kier molecular flexibility index (Phi) is 5.68. The number of carbonyl (C=O) groups is 1. The van der Waals surface area contributed by atoms with Crippen molar-refractivity contribution < 1.29 is 13.2 Å². The Labute approximate surface area is 154 Å². The predicted octanol–water partition coefficient (Wildman–Crippen LogP) is 1.73. The summed E-state index contributed by atoms with van der Waals surface area (Å²) in [4.78, 5) is 18.9. The van der Waals surface area contributed by atoms with E-state index in [1.807, 2.05) is 19.1 Å². The van der Waals surface area contributed by atoms with Gasteiger partial charge in [-0.2, -0.15) is 0 Å². The zero-order valence-electron chi connectivity index (χ0n) is 14.8. The van der Waals surface area contributed by atoms with Crippen molar-refractivity contribution in [1.29, 1.82) is 0 Å². The van der Waals surface area contributed by atoms with E-state index in [4.69, 9.17) is 0 Å². The Morgan fingerprint density at radius 3 is 2.73 bits per heavy atom. The van der Waals surface area contributed by atoms with Crippen LogP contribution in [0.25, 0.3) is 0 Å². The molecule has 1 fully saturated rings. The molecule has 2 aromatic rings. The second-order valence-corrected chi connectivity index (χ2v) is 8.58. The second-order valence-electron chi connectivity index (χ2n) is 6.48. The molecule has 3 rings (SSSR count). The molecule has 7 heteroatoms. The smallest absolute Gasteiger partial charge is 0.224 e. The van der Waals surface area contributed by atoms with Crippen molar-refractivity contribution in [2.45, 2.75) is 24.3 Å². The van der Waals surface area contributed by atoms with Crippen LogP contribution in [-0.2, 0) is 14.6 Å². The van der Waals surface area contributed by atoms with Crippen molar-refractivity contribution in [2.24, 2.45) is 0 Å². The molecule has 2 heterocycles. The van der Waals surface area contributed by atoms with Gasteiger partial charge in [0.05, 0.1) is 16.7 Å². The molecule has 1 amide bonds. The molecule has 26 heavy (non-hydrogen) atoms. The number of hydrogen-bond acceptors (Lipinski definition) is 5. The third-order valence-electron chi connectivity index (χ3n) is 4.60. The topological polar surface area (TPSA) is 79.4 Å². The first kappa shape index (κ1) is 18.5. The van der Waals surface area contributed by atoms with Gasteiger partial charge in [-0.1, -0.05) is 23.8 Å². The molecular formula is C19H23N3O3S. The molecule has 1 aliphatic rings. The van der Waals surface area contributed by atoms with Crippen LogP contribution in [-0.4, -0.2) is 49.6 Å². The molecule has 1 aromatic heterocycles. The van der Waals surface area contributed by atoms with Crippen molar-refractivity contribution in [2.75, 3.05) is 25.4 Å². The normalized spacial score (nSPS) is 17.9. The van der Waals surface area contributed by atoms with Crippen molar-refractivity contribution in [3.63, 3.8) is 0 Å². The SMILES string of the molecule is Cc1ccc(S(=O)(=O)CCC(=O)N2CCNCC2c2cccnc2)cc1. The standard InChI is InChI=1S/C19H23N3O3S/c1-15-4-6-17(7-5-15)26(24,25)12-8-19(23)22-11-10-21-14-18(22)16-3-2-9-20-13-16/h2-7,9,13,18,21H,8,10-12,14H2,1H3. The molecule has 1 aliphatic heterocycles. The molecule has 1 aromatic carbocycles. The lowest BCUT2D eigenvalue weighted by Gasteiger charge is -2.36. The number of pyridine rings is 1. The largest absolute Gasteiger partial charge is 0.333 e. The van der Waals surface area contributed by atoms with Crippen LogP contribution in [0.4, 0.5) is 0 Å². The molecule has 0 saturated carbocycles. The van der Waals surface area contributed by atoms with Gasteiger partial charge in [0, 0.05) is 38.4 Å². The highest BCUT2D eigenvalue weighted by Gasteiger charge is 2.29. The van der Waals surface area contributed by atoms with Crippen molar-refractivity contribution >= 4 is 15.7 Å². The summed E-state index contributed by atoms with van der Waals surface area (Å²) in [5.74, 6) is -0.325. The van der Waals surface area contributed by atoms with Crippen LogP contribution in [0, 0.1) is 6.92 Å². The van der Waals surface area contributed by atoms with Gasteiger partial charge in [-0.3, -0.25) is 9.78 Å². The summed E-state index contributed by atoms with van der Waals surface area (Å²) in [5.41, 5.74) is 1.95. The lowest BCUT2D eigenvalue weighted by molar-refractivity contribution is -0.134. The van der Waals surface area contributed by atoms with Crippen LogP contribution < -0.4 is 5.32 Å². The van der Waals surface area contributed by atoms with Gasteiger partial charge < -0.3 is 10.2 Å². The fourth-order valence-electron chi connectivity index (χ4n) is 3.10. The molecule has 0 radical (unpaired) electrons. The highest BCUT2D eigenvalue weighted by molar-refractivity contribution is 7.91. The molecule has 1 atom stereocenters. The number of aryl methyl sites for hydroxylation is 1. The van der Waals surface area contributed by atoms with Crippen molar-refractivity contribution in [3.8, 4) is 0 Å². The fraction of sp³-hybridized carbons (Fsp3) is 0.368. The first-order chi connectivity index (χ1) is 12.5. The van der Waals surface area contributed by atoms with Gasteiger partial charge in [-0.15, -0.1) is 0 Å². The molecule has 0 bridgehead atoms. The van der Waals surface area contributed by atoms with Gasteiger partial charge in [-0.25, -0.2) is 8.42 Å². The van der Waals surface area contributed by atoms with E-state index in [9.17, 15) is 13.2 Å². The van der Waals surface area contributed by atoms with Gasteiger partial charge in [-0.05, 0) is 30.7 Å². The number of carbonyl (C=O) groups excluding carboxylic acids is 1. The Morgan fingerprint density at radius 1 is 1.27 bits per heavy atom. The lowest BCUT2D eigenvalue weighted by atomic mass is 10.1. The maximum Gasteiger partial charge on any atom is 0.224 e. The molecule has 0 aliphatic carbocycles. The molecular weight excluding hydrogens is 350 g/mol. The summed E-state index contributed by atoms with van der Waals surface area (Å²) in [6, 6.07) is 10.4. The highest BCUT2D eigenvalue weighted by atomic mass is 32.2. The summed E-state index contributed by atoms with van der Waals surface area (Å²) in [7, 11) is -3.47. The van der Waals surface area contributed by atoms with E-state index >= 15 is 0 Å². The van der Waals surface area contributed by atoms with E-state index in [1.54, 1.807) is 41.6 Å². The number of sulfone groups is 1. The first-order valence-electron chi connectivity index (χ1n) is 8.67. The number of aromatic nitrogens is 1. The first-order valence-corrected chi connectivity index (χ1v) is 10.3. The molecule has 138 valence electrons. The molecule has 1 N–H and O–H groups in total. The van der Waals surface area contributed by atoms with Crippen LogP contribution >= 0.6 is 0 Å². The summed E-state index contributed by atoms with van der Waals surface area (Å²) >= 11 is 0. The summed E-state index contributed by atoms with van der Waals surface area (Å²) in [6.07, 6.45) is 3.42. The van der Waals surface area contributed by atoms with E-state index in [0.29, 0.717) is 19.6 Å². The molecule has 0 spiro atoms. The van der Waals surface area contributed by atoms with Gasteiger partial charge in [0.15, 0.2) is 9.84 Å². The molecule has 6 nitrogen and oxygen atoms in total. The van der Waals surface area contributed by atoms with E-state index in [1.165, 1.54) is 0 Å². The number of nitrogens with one attached hydrogen (secondary N) is 1. The maximum atomic E-state index is 12.7. The Bertz CT molecular complexity index is 851. The highest BCUT2D eigenvalue weighted by Crippen LogP contribution is 2.23. The zero-order valence-corrected chi connectivity index (χ0v) is 15.6. The van der Waals surface area contributed by atoms with E-state index in [0.717, 1.165) is 11.1 Å². The predicted molar refractivity (Wildman–Crippen MR) is 99.4 cm³/mol. The van der Waals surface area contributed by atoms with Crippen molar-refractivity contribution in [3.05, 3.63) is 59.9 Å².